The third-order valence-electron chi connectivity index (χ3n) is 2.22. The minimum Gasteiger partial charge on any atom is -0.321 e. The zero-order valence-electron chi connectivity index (χ0n) is 8.90. The van der Waals surface area contributed by atoms with Crippen LogP contribution in [-0.2, 0) is 0 Å². The SMILES string of the molecule is CC(C)=CC(N)c1cnc2ccsc2c1. The Kier molecular flexibility index (Phi) is 2.84. The van der Waals surface area contributed by atoms with Gasteiger partial charge >= 0.3 is 0 Å². The molecule has 0 amide bonds. The quantitative estimate of drug-likeness (QED) is 0.786. The van der Waals surface area contributed by atoms with Crippen LogP contribution in [0.2, 0.25) is 0 Å². The lowest BCUT2D eigenvalue weighted by molar-refractivity contribution is 0.894. The molecule has 0 aliphatic heterocycles. The molecule has 78 valence electrons. The molecule has 2 aromatic rings. The Balaban J connectivity index is 2.39. The van der Waals surface area contributed by atoms with Gasteiger partial charge in [0.2, 0.25) is 0 Å². The molecule has 2 nitrogen and oxygen atoms in total. The summed E-state index contributed by atoms with van der Waals surface area (Å²) in [5, 5.41) is 2.05. The van der Waals surface area contributed by atoms with Crippen LogP contribution < -0.4 is 5.73 Å². The Morgan fingerprint density at radius 2 is 2.33 bits per heavy atom. The van der Waals surface area contributed by atoms with Crippen LogP contribution in [0.3, 0.4) is 0 Å². The number of rotatable bonds is 2. The molecule has 0 aliphatic rings. The third-order valence-corrected chi connectivity index (χ3v) is 3.07. The van der Waals surface area contributed by atoms with Crippen molar-refractivity contribution in [1.29, 1.82) is 0 Å². The summed E-state index contributed by atoms with van der Waals surface area (Å²) in [5.41, 5.74) is 9.40. The fourth-order valence-electron chi connectivity index (χ4n) is 1.50. The van der Waals surface area contributed by atoms with Gasteiger partial charge in [-0.3, -0.25) is 4.98 Å². The maximum absolute atomic E-state index is 6.04. The second kappa shape index (κ2) is 4.13. The van der Waals surface area contributed by atoms with E-state index in [0.29, 0.717) is 0 Å². The van der Waals surface area contributed by atoms with Crippen molar-refractivity contribution in [1.82, 2.24) is 4.98 Å². The Labute approximate surface area is 93.4 Å². The molecular formula is C12H14N2S. The number of nitrogens with two attached hydrogens (primary N) is 1. The van der Waals surface area contributed by atoms with Crippen LogP contribution in [0, 0.1) is 0 Å². The second-order valence-corrected chi connectivity index (χ2v) is 4.79. The number of thiophene rings is 1. The van der Waals surface area contributed by atoms with E-state index >= 15 is 0 Å². The second-order valence-electron chi connectivity index (χ2n) is 3.84. The lowest BCUT2D eigenvalue weighted by Crippen LogP contribution is -2.07. The largest absolute Gasteiger partial charge is 0.321 e. The molecular weight excluding hydrogens is 204 g/mol. The summed E-state index contributed by atoms with van der Waals surface area (Å²) >= 11 is 1.70. The fraction of sp³-hybridized carbons (Fsp3) is 0.250. The first-order valence-electron chi connectivity index (χ1n) is 4.90. The first-order valence-corrected chi connectivity index (χ1v) is 5.78. The molecule has 0 saturated heterocycles. The van der Waals surface area contributed by atoms with Gasteiger partial charge in [-0.1, -0.05) is 11.6 Å². The van der Waals surface area contributed by atoms with Crippen LogP contribution >= 0.6 is 11.3 Å². The van der Waals surface area contributed by atoms with Crippen LogP contribution in [0.15, 0.2) is 35.4 Å². The molecule has 2 heterocycles. The molecule has 3 heteroatoms. The highest BCUT2D eigenvalue weighted by Gasteiger charge is 2.05. The number of nitrogens with zero attached hydrogens (tertiary/aromatic N) is 1. The zero-order chi connectivity index (χ0) is 10.8. The number of allylic oxidation sites excluding steroid dienone is 1. The molecule has 0 aromatic carbocycles. The van der Waals surface area contributed by atoms with Crippen LogP contribution in [0.25, 0.3) is 10.2 Å². The van der Waals surface area contributed by atoms with Crippen LogP contribution in [0.1, 0.15) is 25.5 Å². The van der Waals surface area contributed by atoms with Gasteiger partial charge in [0, 0.05) is 12.2 Å². The van der Waals surface area contributed by atoms with Gasteiger partial charge in [-0.2, -0.15) is 0 Å². The van der Waals surface area contributed by atoms with Gasteiger partial charge in [0.05, 0.1) is 10.2 Å². The first-order chi connectivity index (χ1) is 7.16. The van der Waals surface area contributed by atoms with E-state index in [-0.39, 0.29) is 6.04 Å². The van der Waals surface area contributed by atoms with Gasteiger partial charge in [0.25, 0.3) is 0 Å². The predicted octanol–water partition coefficient (Wildman–Crippen LogP) is 3.26. The molecule has 1 unspecified atom stereocenters. The summed E-state index contributed by atoms with van der Waals surface area (Å²) in [7, 11) is 0. The Hall–Kier alpha value is -1.19. The Bertz CT molecular complexity index is 495. The number of hydrogen-bond donors (Lipinski definition) is 1. The van der Waals surface area contributed by atoms with Crippen molar-refractivity contribution in [2.45, 2.75) is 19.9 Å². The van der Waals surface area contributed by atoms with E-state index < -0.39 is 0 Å². The summed E-state index contributed by atoms with van der Waals surface area (Å²) in [6.45, 7) is 4.11. The maximum Gasteiger partial charge on any atom is 0.0809 e. The van der Waals surface area contributed by atoms with Crippen molar-refractivity contribution in [3.8, 4) is 0 Å². The van der Waals surface area contributed by atoms with Gasteiger partial charge < -0.3 is 5.73 Å². The van der Waals surface area contributed by atoms with Gasteiger partial charge in [0.15, 0.2) is 0 Å². The van der Waals surface area contributed by atoms with Crippen LogP contribution in [0.4, 0.5) is 0 Å². The summed E-state index contributed by atoms with van der Waals surface area (Å²) in [6.07, 6.45) is 3.91. The Morgan fingerprint density at radius 3 is 3.07 bits per heavy atom. The molecule has 2 N–H and O–H groups in total. The fourth-order valence-corrected chi connectivity index (χ4v) is 2.29. The van der Waals surface area contributed by atoms with Gasteiger partial charge in [-0.05, 0) is 36.9 Å². The smallest absolute Gasteiger partial charge is 0.0809 e. The van der Waals surface area contributed by atoms with Gasteiger partial charge in [-0.25, -0.2) is 0 Å². The van der Waals surface area contributed by atoms with Crippen molar-refractivity contribution in [2.24, 2.45) is 5.73 Å². The highest BCUT2D eigenvalue weighted by atomic mass is 32.1. The van der Waals surface area contributed by atoms with Crippen molar-refractivity contribution >= 4 is 21.6 Å². The minimum atomic E-state index is -0.0472. The average Bonchev–Trinajstić information content (AvgIpc) is 2.62. The molecule has 2 aromatic heterocycles. The molecule has 0 spiro atoms. The number of hydrogen-bond acceptors (Lipinski definition) is 3. The summed E-state index contributed by atoms with van der Waals surface area (Å²) in [6, 6.07) is 4.10. The maximum atomic E-state index is 6.04. The third kappa shape index (κ3) is 2.25. The van der Waals surface area contributed by atoms with E-state index in [1.54, 1.807) is 11.3 Å². The van der Waals surface area contributed by atoms with Gasteiger partial charge in [-0.15, -0.1) is 11.3 Å². The topological polar surface area (TPSA) is 38.9 Å². The van der Waals surface area contributed by atoms with Crippen LogP contribution in [-0.4, -0.2) is 4.98 Å². The van der Waals surface area contributed by atoms with E-state index in [0.717, 1.165) is 11.1 Å². The number of pyridine rings is 1. The Morgan fingerprint density at radius 1 is 1.53 bits per heavy atom. The lowest BCUT2D eigenvalue weighted by Gasteiger charge is -2.07. The molecule has 15 heavy (non-hydrogen) atoms. The molecule has 0 saturated carbocycles. The van der Waals surface area contributed by atoms with Crippen molar-refractivity contribution in [3.05, 3.63) is 40.9 Å². The van der Waals surface area contributed by atoms with Gasteiger partial charge in [0.1, 0.15) is 0 Å². The molecule has 0 aliphatic carbocycles. The lowest BCUT2D eigenvalue weighted by atomic mass is 10.1. The molecule has 0 bridgehead atoms. The normalized spacial score (nSPS) is 12.7. The van der Waals surface area contributed by atoms with Crippen molar-refractivity contribution in [3.63, 3.8) is 0 Å². The monoisotopic (exact) mass is 218 g/mol. The standard InChI is InChI=1S/C12H14N2S/c1-8(2)5-10(13)9-6-12-11(14-7-9)3-4-15-12/h3-7,10H,13H2,1-2H3. The molecule has 0 radical (unpaired) electrons. The first kappa shape index (κ1) is 10.3. The number of aromatic nitrogens is 1. The van der Waals surface area contributed by atoms with Crippen molar-refractivity contribution in [2.75, 3.05) is 0 Å². The molecule has 1 atom stereocenters. The van der Waals surface area contributed by atoms with E-state index in [4.69, 9.17) is 5.73 Å². The number of fused-ring (bicyclic) bond motifs is 1. The minimum absolute atomic E-state index is 0.0472. The highest BCUT2D eigenvalue weighted by Crippen LogP contribution is 2.22. The van der Waals surface area contributed by atoms with E-state index in [1.165, 1.54) is 10.3 Å². The van der Waals surface area contributed by atoms with Crippen LogP contribution in [0.5, 0.6) is 0 Å². The molecule has 0 fully saturated rings. The zero-order valence-corrected chi connectivity index (χ0v) is 9.71. The summed E-state index contributed by atoms with van der Waals surface area (Å²) in [5.74, 6) is 0. The predicted molar refractivity (Wildman–Crippen MR) is 66.0 cm³/mol. The van der Waals surface area contributed by atoms with Crippen molar-refractivity contribution < 1.29 is 0 Å². The van der Waals surface area contributed by atoms with E-state index in [1.807, 2.05) is 17.6 Å². The summed E-state index contributed by atoms with van der Waals surface area (Å²) < 4.78 is 1.20. The van der Waals surface area contributed by atoms with E-state index in [9.17, 15) is 0 Å². The average molecular weight is 218 g/mol. The van der Waals surface area contributed by atoms with E-state index in [2.05, 4.69) is 31.0 Å². The molecule has 2 rings (SSSR count). The highest BCUT2D eigenvalue weighted by molar-refractivity contribution is 7.17. The summed E-state index contributed by atoms with van der Waals surface area (Å²) in [4.78, 5) is 4.37.